The van der Waals surface area contributed by atoms with Crippen molar-refractivity contribution in [1.82, 2.24) is 9.97 Å². The van der Waals surface area contributed by atoms with Crippen molar-refractivity contribution >= 4 is 22.8 Å². The topological polar surface area (TPSA) is 102 Å². The van der Waals surface area contributed by atoms with Crippen LogP contribution in [0.3, 0.4) is 0 Å². The molecule has 0 radical (unpaired) electrons. The number of nitrogens with zero attached hydrogens (tertiary/aromatic N) is 2. The Labute approximate surface area is 103 Å². The average molecular weight is 247 g/mol. The number of anilines is 1. The molecule has 0 spiro atoms. The maximum Gasteiger partial charge on any atom is 0.374 e. The summed E-state index contributed by atoms with van der Waals surface area (Å²) in [5.41, 5.74) is 7.08. The molecule has 3 N–H and O–H groups in total. The molecule has 3 rings (SSSR count). The third-order valence-electron chi connectivity index (χ3n) is 3.49. The first-order chi connectivity index (χ1) is 8.68. The number of furan rings is 1. The number of aromatic carboxylic acids is 1. The molecule has 0 aliphatic heterocycles. The molecule has 6 nitrogen and oxygen atoms in total. The number of hydrogen-bond acceptors (Lipinski definition) is 5. The number of nitrogens with two attached hydrogens (primary N) is 1. The van der Waals surface area contributed by atoms with Crippen LogP contribution in [0.1, 0.15) is 47.8 Å². The van der Waals surface area contributed by atoms with E-state index in [9.17, 15) is 4.79 Å². The molecule has 18 heavy (non-hydrogen) atoms. The minimum Gasteiger partial charge on any atom is -0.475 e. The van der Waals surface area contributed by atoms with Gasteiger partial charge in [0.2, 0.25) is 11.5 Å². The molecule has 0 bridgehead atoms. The van der Waals surface area contributed by atoms with Crippen LogP contribution < -0.4 is 5.73 Å². The Morgan fingerprint density at radius 3 is 2.78 bits per heavy atom. The number of aromatic nitrogens is 2. The molecule has 2 aromatic heterocycles. The summed E-state index contributed by atoms with van der Waals surface area (Å²) in [7, 11) is 0. The lowest BCUT2D eigenvalue weighted by atomic mass is 10.0. The predicted molar refractivity (Wildman–Crippen MR) is 64.4 cm³/mol. The normalized spacial score (nSPS) is 16.4. The van der Waals surface area contributed by atoms with Gasteiger partial charge in [-0.25, -0.2) is 14.8 Å². The second-order valence-electron chi connectivity index (χ2n) is 4.57. The number of carbonyl (C=O) groups is 1. The van der Waals surface area contributed by atoms with Crippen LogP contribution in [-0.2, 0) is 0 Å². The quantitative estimate of drug-likeness (QED) is 0.843. The van der Waals surface area contributed by atoms with Crippen LogP contribution in [0.2, 0.25) is 0 Å². The smallest absolute Gasteiger partial charge is 0.374 e. The second kappa shape index (κ2) is 3.97. The first kappa shape index (κ1) is 11.0. The van der Waals surface area contributed by atoms with Gasteiger partial charge in [-0.2, -0.15) is 0 Å². The molecule has 0 amide bonds. The van der Waals surface area contributed by atoms with Gasteiger partial charge in [0, 0.05) is 5.92 Å². The van der Waals surface area contributed by atoms with E-state index in [1.807, 2.05) is 0 Å². The Hall–Kier alpha value is -2.11. The standard InChI is InChI=1S/C12H13N3O3/c13-8-7-9(6-3-1-2-4-6)14-5-15-11(7)18-10(8)12(16)17/h5-6H,1-4,13H2,(H,16,17). The van der Waals surface area contributed by atoms with Crippen molar-refractivity contribution in [3.8, 4) is 0 Å². The maximum atomic E-state index is 11.0. The largest absolute Gasteiger partial charge is 0.475 e. The fraction of sp³-hybridized carbons (Fsp3) is 0.417. The highest BCUT2D eigenvalue weighted by Gasteiger charge is 2.26. The van der Waals surface area contributed by atoms with Crippen LogP contribution in [0.15, 0.2) is 10.7 Å². The predicted octanol–water partition coefficient (Wildman–Crippen LogP) is 2.16. The van der Waals surface area contributed by atoms with Gasteiger partial charge in [0.25, 0.3) is 0 Å². The summed E-state index contributed by atoms with van der Waals surface area (Å²) >= 11 is 0. The summed E-state index contributed by atoms with van der Waals surface area (Å²) in [6.45, 7) is 0. The van der Waals surface area contributed by atoms with E-state index in [1.54, 1.807) is 0 Å². The van der Waals surface area contributed by atoms with Gasteiger partial charge in [-0.3, -0.25) is 0 Å². The van der Waals surface area contributed by atoms with E-state index in [2.05, 4.69) is 9.97 Å². The van der Waals surface area contributed by atoms with Gasteiger partial charge < -0.3 is 15.3 Å². The summed E-state index contributed by atoms with van der Waals surface area (Å²) in [5, 5.41) is 9.57. The van der Waals surface area contributed by atoms with Crippen molar-refractivity contribution in [2.75, 3.05) is 5.73 Å². The maximum absolute atomic E-state index is 11.0. The van der Waals surface area contributed by atoms with Gasteiger partial charge in [-0.1, -0.05) is 12.8 Å². The Balaban J connectivity index is 2.23. The second-order valence-corrected chi connectivity index (χ2v) is 4.57. The van der Waals surface area contributed by atoms with Crippen LogP contribution in [0.5, 0.6) is 0 Å². The van der Waals surface area contributed by atoms with Gasteiger partial charge in [-0.15, -0.1) is 0 Å². The molecule has 1 aliphatic rings. The number of fused-ring (bicyclic) bond motifs is 1. The van der Waals surface area contributed by atoms with E-state index in [4.69, 9.17) is 15.3 Å². The molecule has 2 heterocycles. The third-order valence-corrected chi connectivity index (χ3v) is 3.49. The zero-order valence-electron chi connectivity index (χ0n) is 9.72. The summed E-state index contributed by atoms with van der Waals surface area (Å²) in [6.07, 6.45) is 5.85. The molecule has 1 fully saturated rings. The van der Waals surface area contributed by atoms with Crippen molar-refractivity contribution in [1.29, 1.82) is 0 Å². The molecule has 1 saturated carbocycles. The molecule has 0 unspecified atom stereocenters. The van der Waals surface area contributed by atoms with E-state index in [-0.39, 0.29) is 17.2 Å². The molecule has 6 heteroatoms. The molecule has 2 aromatic rings. The fourth-order valence-corrected chi connectivity index (χ4v) is 2.65. The lowest BCUT2D eigenvalue weighted by molar-refractivity contribution is 0.0666. The number of nitrogen functional groups attached to an aromatic ring is 1. The van der Waals surface area contributed by atoms with Crippen molar-refractivity contribution in [2.45, 2.75) is 31.6 Å². The van der Waals surface area contributed by atoms with Crippen LogP contribution in [0.25, 0.3) is 11.1 Å². The molecular formula is C12H13N3O3. The molecular weight excluding hydrogens is 234 g/mol. The van der Waals surface area contributed by atoms with E-state index in [0.29, 0.717) is 11.3 Å². The van der Waals surface area contributed by atoms with Gasteiger partial charge in [-0.05, 0) is 12.8 Å². The highest BCUT2D eigenvalue weighted by Crippen LogP contribution is 2.39. The molecule has 0 saturated heterocycles. The van der Waals surface area contributed by atoms with E-state index < -0.39 is 5.97 Å². The minimum absolute atomic E-state index is 0.139. The molecule has 1 aliphatic carbocycles. The van der Waals surface area contributed by atoms with Crippen molar-refractivity contribution in [3.05, 3.63) is 17.8 Å². The SMILES string of the molecule is Nc1c(C(=O)O)oc2ncnc(C3CCCC3)c12. The third kappa shape index (κ3) is 1.53. The zero-order chi connectivity index (χ0) is 12.7. The lowest BCUT2D eigenvalue weighted by Gasteiger charge is -2.08. The number of carboxylic acid groups (broad SMARTS) is 1. The Kier molecular flexibility index (Phi) is 2.43. The van der Waals surface area contributed by atoms with E-state index in [1.165, 1.54) is 19.2 Å². The number of rotatable bonds is 2. The van der Waals surface area contributed by atoms with E-state index >= 15 is 0 Å². The van der Waals surface area contributed by atoms with Crippen LogP contribution in [-0.4, -0.2) is 21.0 Å². The highest BCUT2D eigenvalue weighted by molar-refractivity contribution is 6.02. The van der Waals surface area contributed by atoms with Crippen LogP contribution in [0, 0.1) is 0 Å². The first-order valence-electron chi connectivity index (χ1n) is 5.94. The molecule has 94 valence electrons. The van der Waals surface area contributed by atoms with Gasteiger partial charge in [0.1, 0.15) is 6.33 Å². The van der Waals surface area contributed by atoms with Crippen LogP contribution >= 0.6 is 0 Å². The summed E-state index contributed by atoms with van der Waals surface area (Å²) in [5.74, 6) is -1.09. The van der Waals surface area contributed by atoms with Gasteiger partial charge in [0.05, 0.1) is 16.8 Å². The van der Waals surface area contributed by atoms with Crippen molar-refractivity contribution < 1.29 is 14.3 Å². The minimum atomic E-state index is -1.18. The van der Waals surface area contributed by atoms with Gasteiger partial charge in [0.15, 0.2) is 0 Å². The molecule has 0 atom stereocenters. The lowest BCUT2D eigenvalue weighted by Crippen LogP contribution is -2.01. The Morgan fingerprint density at radius 2 is 2.11 bits per heavy atom. The first-order valence-corrected chi connectivity index (χ1v) is 5.94. The van der Waals surface area contributed by atoms with Crippen molar-refractivity contribution in [3.63, 3.8) is 0 Å². The average Bonchev–Trinajstić information content (AvgIpc) is 2.97. The van der Waals surface area contributed by atoms with Gasteiger partial charge >= 0.3 is 5.97 Å². The van der Waals surface area contributed by atoms with Crippen molar-refractivity contribution in [2.24, 2.45) is 0 Å². The summed E-state index contributed by atoms with van der Waals surface area (Å²) in [6, 6.07) is 0. The molecule has 0 aromatic carbocycles. The highest BCUT2D eigenvalue weighted by atomic mass is 16.4. The zero-order valence-corrected chi connectivity index (χ0v) is 9.72. The Morgan fingerprint density at radius 1 is 1.39 bits per heavy atom. The number of carboxylic acids is 1. The summed E-state index contributed by atoms with van der Waals surface area (Å²) < 4.78 is 5.18. The van der Waals surface area contributed by atoms with Crippen LogP contribution in [0.4, 0.5) is 5.69 Å². The number of hydrogen-bond donors (Lipinski definition) is 2. The Bertz CT molecular complexity index is 614. The fourth-order valence-electron chi connectivity index (χ4n) is 2.65. The summed E-state index contributed by atoms with van der Waals surface area (Å²) in [4.78, 5) is 19.2. The monoisotopic (exact) mass is 247 g/mol. The van der Waals surface area contributed by atoms with E-state index in [0.717, 1.165) is 18.5 Å².